The van der Waals surface area contributed by atoms with Crippen molar-refractivity contribution >= 4 is 16.9 Å². The molecule has 0 unspecified atom stereocenters. The highest BCUT2D eigenvalue weighted by Gasteiger charge is 2.52. The SMILES string of the molecule is Cc1cnc2c(cnn2CC(=O)N2CC3(CN(Cc4ccccc4)C3)C2)c1. The van der Waals surface area contributed by atoms with Crippen LogP contribution in [0.1, 0.15) is 11.1 Å². The molecule has 27 heavy (non-hydrogen) atoms. The number of benzene rings is 1. The predicted octanol–water partition coefficient (Wildman–Crippen LogP) is 2.08. The van der Waals surface area contributed by atoms with E-state index >= 15 is 0 Å². The Labute approximate surface area is 158 Å². The number of hydrogen-bond acceptors (Lipinski definition) is 4. The zero-order valence-corrected chi connectivity index (χ0v) is 15.5. The minimum atomic E-state index is 0.134. The zero-order chi connectivity index (χ0) is 18.4. The molecule has 2 aromatic heterocycles. The van der Waals surface area contributed by atoms with Crippen molar-refractivity contribution in [3.8, 4) is 0 Å². The fourth-order valence-electron chi connectivity index (χ4n) is 4.42. The molecule has 6 nitrogen and oxygen atoms in total. The minimum absolute atomic E-state index is 0.134. The van der Waals surface area contributed by atoms with Crippen molar-refractivity contribution in [2.24, 2.45) is 5.41 Å². The molecule has 5 rings (SSSR count). The molecule has 0 aliphatic carbocycles. The van der Waals surface area contributed by atoms with E-state index in [2.05, 4.69) is 45.3 Å². The molecule has 0 N–H and O–H groups in total. The van der Waals surface area contributed by atoms with Crippen LogP contribution in [0.4, 0.5) is 0 Å². The molecule has 0 bridgehead atoms. The molecule has 3 aromatic rings. The summed E-state index contributed by atoms with van der Waals surface area (Å²) in [6.07, 6.45) is 3.60. The van der Waals surface area contributed by atoms with Gasteiger partial charge in [0.1, 0.15) is 6.54 Å². The van der Waals surface area contributed by atoms with E-state index in [1.54, 1.807) is 10.9 Å². The number of fused-ring (bicyclic) bond motifs is 1. The van der Waals surface area contributed by atoms with Gasteiger partial charge >= 0.3 is 0 Å². The van der Waals surface area contributed by atoms with Crippen molar-refractivity contribution in [1.82, 2.24) is 24.6 Å². The second-order valence-electron chi connectivity index (χ2n) is 8.11. The van der Waals surface area contributed by atoms with E-state index in [4.69, 9.17) is 0 Å². The smallest absolute Gasteiger partial charge is 0.244 e. The van der Waals surface area contributed by atoms with Crippen LogP contribution in [0.15, 0.2) is 48.8 Å². The van der Waals surface area contributed by atoms with E-state index in [0.29, 0.717) is 5.41 Å². The zero-order valence-electron chi connectivity index (χ0n) is 15.5. The topological polar surface area (TPSA) is 54.3 Å². The Morgan fingerprint density at radius 2 is 1.89 bits per heavy atom. The third-order valence-corrected chi connectivity index (χ3v) is 5.67. The Kier molecular flexibility index (Phi) is 3.75. The van der Waals surface area contributed by atoms with Crippen LogP contribution in [0, 0.1) is 12.3 Å². The van der Waals surface area contributed by atoms with Gasteiger partial charge in [0.25, 0.3) is 0 Å². The summed E-state index contributed by atoms with van der Waals surface area (Å²) in [4.78, 5) is 21.5. The lowest BCUT2D eigenvalue weighted by molar-refractivity contribution is -0.160. The molecule has 4 heterocycles. The summed E-state index contributed by atoms with van der Waals surface area (Å²) in [5, 5.41) is 5.33. The van der Waals surface area contributed by atoms with E-state index in [9.17, 15) is 4.79 Å². The average Bonchev–Trinajstić information content (AvgIpc) is 2.98. The summed E-state index contributed by atoms with van der Waals surface area (Å²) in [6, 6.07) is 12.6. The number of aryl methyl sites for hydroxylation is 1. The summed E-state index contributed by atoms with van der Waals surface area (Å²) < 4.78 is 1.71. The monoisotopic (exact) mass is 361 g/mol. The maximum absolute atomic E-state index is 12.6. The lowest BCUT2D eigenvalue weighted by Crippen LogP contribution is -2.72. The van der Waals surface area contributed by atoms with E-state index < -0.39 is 0 Å². The second kappa shape index (κ2) is 6.16. The summed E-state index contributed by atoms with van der Waals surface area (Å²) in [5.41, 5.74) is 3.55. The lowest BCUT2D eigenvalue weighted by Gasteiger charge is -2.60. The van der Waals surface area contributed by atoms with Crippen molar-refractivity contribution in [3.63, 3.8) is 0 Å². The molecule has 1 spiro atoms. The van der Waals surface area contributed by atoms with E-state index in [0.717, 1.165) is 49.3 Å². The van der Waals surface area contributed by atoms with Gasteiger partial charge in [-0.25, -0.2) is 9.67 Å². The van der Waals surface area contributed by atoms with E-state index in [1.807, 2.05) is 24.1 Å². The summed E-state index contributed by atoms with van der Waals surface area (Å²) in [7, 11) is 0. The molecule has 2 saturated heterocycles. The molecule has 0 saturated carbocycles. The number of carbonyl (C=O) groups is 1. The van der Waals surface area contributed by atoms with Gasteiger partial charge in [-0.3, -0.25) is 9.69 Å². The highest BCUT2D eigenvalue weighted by atomic mass is 16.2. The fourth-order valence-corrected chi connectivity index (χ4v) is 4.42. The van der Waals surface area contributed by atoms with Crippen LogP contribution in [0.3, 0.4) is 0 Å². The molecule has 138 valence electrons. The number of likely N-dealkylation sites (tertiary alicyclic amines) is 2. The van der Waals surface area contributed by atoms with Crippen LogP contribution in [-0.4, -0.2) is 56.7 Å². The number of rotatable bonds is 4. The number of amides is 1. The molecular formula is C21H23N5O. The van der Waals surface area contributed by atoms with Crippen LogP contribution >= 0.6 is 0 Å². The molecule has 0 atom stereocenters. The summed E-state index contributed by atoms with van der Waals surface area (Å²) in [5.74, 6) is 0.134. The largest absolute Gasteiger partial charge is 0.340 e. The lowest BCUT2D eigenvalue weighted by atomic mass is 9.72. The van der Waals surface area contributed by atoms with Crippen molar-refractivity contribution in [2.75, 3.05) is 26.2 Å². The third kappa shape index (κ3) is 3.00. The summed E-state index contributed by atoms with van der Waals surface area (Å²) in [6.45, 7) is 7.17. The second-order valence-corrected chi connectivity index (χ2v) is 8.11. The number of aromatic nitrogens is 3. The molecule has 6 heteroatoms. The van der Waals surface area contributed by atoms with Gasteiger partial charge in [-0.15, -0.1) is 0 Å². The highest BCUT2D eigenvalue weighted by Crippen LogP contribution is 2.40. The molecule has 2 fully saturated rings. The van der Waals surface area contributed by atoms with Crippen molar-refractivity contribution < 1.29 is 4.79 Å². The normalized spacial score (nSPS) is 18.5. The first-order chi connectivity index (χ1) is 13.1. The van der Waals surface area contributed by atoms with Gasteiger partial charge < -0.3 is 4.90 Å². The Morgan fingerprint density at radius 1 is 1.11 bits per heavy atom. The highest BCUT2D eigenvalue weighted by molar-refractivity contribution is 5.80. The van der Waals surface area contributed by atoms with Gasteiger partial charge in [-0.05, 0) is 24.1 Å². The quantitative estimate of drug-likeness (QED) is 0.714. The number of carbonyl (C=O) groups excluding carboxylic acids is 1. The molecule has 1 aromatic carbocycles. The van der Waals surface area contributed by atoms with Crippen LogP contribution in [0.25, 0.3) is 11.0 Å². The van der Waals surface area contributed by atoms with Crippen molar-refractivity contribution in [2.45, 2.75) is 20.0 Å². The molecule has 0 radical (unpaired) electrons. The van der Waals surface area contributed by atoms with Gasteiger partial charge in [0.2, 0.25) is 5.91 Å². The van der Waals surface area contributed by atoms with Gasteiger partial charge in [0.05, 0.1) is 6.20 Å². The molecular weight excluding hydrogens is 338 g/mol. The van der Waals surface area contributed by atoms with Gasteiger partial charge in [-0.2, -0.15) is 5.10 Å². The maximum Gasteiger partial charge on any atom is 0.244 e. The standard InChI is InChI=1S/C21H23N5O/c1-16-7-18-9-23-26(20(18)22-8-16)11-19(27)25-14-21(15-25)12-24(13-21)10-17-5-3-2-4-6-17/h2-9H,10-15H2,1H3. The first-order valence-corrected chi connectivity index (χ1v) is 9.43. The van der Waals surface area contributed by atoms with Crippen LogP contribution < -0.4 is 0 Å². The number of pyridine rings is 1. The molecule has 2 aliphatic heterocycles. The molecule has 1 amide bonds. The average molecular weight is 361 g/mol. The third-order valence-electron chi connectivity index (χ3n) is 5.67. The fraction of sp³-hybridized carbons (Fsp3) is 0.381. The van der Waals surface area contributed by atoms with Gasteiger partial charge in [-0.1, -0.05) is 30.3 Å². The van der Waals surface area contributed by atoms with E-state index in [-0.39, 0.29) is 12.5 Å². The summed E-state index contributed by atoms with van der Waals surface area (Å²) >= 11 is 0. The maximum atomic E-state index is 12.6. The molecule has 2 aliphatic rings. The Hall–Kier alpha value is -2.73. The Morgan fingerprint density at radius 3 is 2.67 bits per heavy atom. The minimum Gasteiger partial charge on any atom is -0.340 e. The van der Waals surface area contributed by atoms with Crippen LogP contribution in [0.2, 0.25) is 0 Å². The Bertz CT molecular complexity index is 982. The van der Waals surface area contributed by atoms with Gasteiger partial charge in [0.15, 0.2) is 5.65 Å². The van der Waals surface area contributed by atoms with Crippen LogP contribution in [0.5, 0.6) is 0 Å². The van der Waals surface area contributed by atoms with E-state index in [1.165, 1.54) is 5.56 Å². The Balaban J connectivity index is 1.15. The predicted molar refractivity (Wildman–Crippen MR) is 103 cm³/mol. The number of nitrogens with zero attached hydrogens (tertiary/aromatic N) is 5. The first-order valence-electron chi connectivity index (χ1n) is 9.43. The van der Waals surface area contributed by atoms with Crippen molar-refractivity contribution in [3.05, 3.63) is 59.9 Å². The van der Waals surface area contributed by atoms with Gasteiger partial charge in [0, 0.05) is 49.7 Å². The first kappa shape index (κ1) is 16.4. The number of hydrogen-bond donors (Lipinski definition) is 0. The van der Waals surface area contributed by atoms with Crippen LogP contribution in [-0.2, 0) is 17.9 Å². The van der Waals surface area contributed by atoms with Crippen molar-refractivity contribution in [1.29, 1.82) is 0 Å².